The van der Waals surface area contributed by atoms with E-state index in [2.05, 4.69) is 21.2 Å². The molecule has 0 aliphatic carbocycles. The Bertz CT molecular complexity index is 436. The van der Waals surface area contributed by atoms with Crippen LogP contribution in [-0.2, 0) is 4.74 Å². The molecule has 0 bridgehead atoms. The first-order valence-corrected chi connectivity index (χ1v) is 7.38. The predicted octanol–water partition coefficient (Wildman–Crippen LogP) is 3.80. The zero-order chi connectivity index (χ0) is 13.8. The predicted molar refractivity (Wildman–Crippen MR) is 74.0 cm³/mol. The van der Waals surface area contributed by atoms with Gasteiger partial charge in [0.15, 0.2) is 0 Å². The van der Waals surface area contributed by atoms with Crippen molar-refractivity contribution in [3.05, 3.63) is 33.8 Å². The third kappa shape index (κ3) is 3.52. The minimum Gasteiger partial charge on any atom is -0.381 e. The number of ether oxygens (including phenoxy) is 1. The number of halogens is 3. The average molecular weight is 334 g/mol. The van der Waals surface area contributed by atoms with Crippen LogP contribution < -0.4 is 5.32 Å². The largest absolute Gasteiger partial charge is 0.381 e. The summed E-state index contributed by atoms with van der Waals surface area (Å²) in [5.41, 5.74) is 0.412. The number of rotatable bonds is 4. The summed E-state index contributed by atoms with van der Waals surface area (Å²) in [5, 5.41) is 3.28. The average Bonchev–Trinajstić information content (AvgIpc) is 2.42. The van der Waals surface area contributed by atoms with Gasteiger partial charge in [-0.15, -0.1) is 0 Å². The van der Waals surface area contributed by atoms with Crippen LogP contribution in [0.25, 0.3) is 0 Å². The zero-order valence-corrected chi connectivity index (χ0v) is 12.5. The Kier molecular flexibility index (Phi) is 5.30. The van der Waals surface area contributed by atoms with Crippen LogP contribution in [0.1, 0.15) is 31.4 Å². The third-order valence-corrected chi connectivity index (χ3v) is 4.14. The second-order valence-electron chi connectivity index (χ2n) is 4.77. The molecule has 1 aromatic rings. The van der Waals surface area contributed by atoms with Crippen LogP contribution in [0.3, 0.4) is 0 Å². The van der Waals surface area contributed by atoms with E-state index in [0.717, 1.165) is 19.4 Å². The standard InChI is InChI=1S/C14H18BrF2NO/c1-2-18-14(9-3-5-19-6-4-9)10-7-13(17)11(15)8-12(10)16/h7-9,14,18H,2-6H2,1H3. The summed E-state index contributed by atoms with van der Waals surface area (Å²) in [5.74, 6) is -0.513. The van der Waals surface area contributed by atoms with Gasteiger partial charge in [0, 0.05) is 24.8 Å². The highest BCUT2D eigenvalue weighted by Crippen LogP contribution is 2.33. The Hall–Kier alpha value is -0.520. The molecule has 1 aromatic carbocycles. The van der Waals surface area contributed by atoms with Gasteiger partial charge in [-0.25, -0.2) is 8.78 Å². The van der Waals surface area contributed by atoms with Gasteiger partial charge in [0.05, 0.1) is 4.47 Å². The maximum atomic E-state index is 14.1. The van der Waals surface area contributed by atoms with Crippen molar-refractivity contribution in [2.75, 3.05) is 19.8 Å². The molecule has 0 amide bonds. The van der Waals surface area contributed by atoms with Crippen LogP contribution in [0.15, 0.2) is 16.6 Å². The lowest BCUT2D eigenvalue weighted by molar-refractivity contribution is 0.0533. The minimum atomic E-state index is -0.425. The molecule has 2 rings (SSSR count). The minimum absolute atomic E-state index is 0.156. The number of nitrogens with one attached hydrogen (secondary N) is 1. The van der Waals surface area contributed by atoms with E-state index in [1.54, 1.807) is 0 Å². The van der Waals surface area contributed by atoms with Crippen molar-refractivity contribution in [1.82, 2.24) is 5.32 Å². The van der Waals surface area contributed by atoms with Gasteiger partial charge in [0.2, 0.25) is 0 Å². The first-order valence-electron chi connectivity index (χ1n) is 6.59. The molecule has 0 spiro atoms. The van der Waals surface area contributed by atoms with Gasteiger partial charge in [-0.1, -0.05) is 6.92 Å². The van der Waals surface area contributed by atoms with Gasteiger partial charge in [0.25, 0.3) is 0 Å². The SMILES string of the molecule is CCNC(c1cc(F)c(Br)cc1F)C1CCOCC1. The van der Waals surface area contributed by atoms with Gasteiger partial charge >= 0.3 is 0 Å². The molecule has 5 heteroatoms. The van der Waals surface area contributed by atoms with Crippen LogP contribution in [0.5, 0.6) is 0 Å². The molecular weight excluding hydrogens is 316 g/mol. The van der Waals surface area contributed by atoms with Crippen LogP contribution >= 0.6 is 15.9 Å². The number of hydrogen-bond donors (Lipinski definition) is 1. The van der Waals surface area contributed by atoms with Gasteiger partial charge < -0.3 is 10.1 Å². The maximum Gasteiger partial charge on any atom is 0.137 e. The lowest BCUT2D eigenvalue weighted by Gasteiger charge is -2.31. The second-order valence-corrected chi connectivity index (χ2v) is 5.63. The Labute approximate surface area is 120 Å². The summed E-state index contributed by atoms with van der Waals surface area (Å²) in [4.78, 5) is 0. The highest BCUT2D eigenvalue weighted by molar-refractivity contribution is 9.10. The summed E-state index contributed by atoms with van der Waals surface area (Å²) in [6.45, 7) is 4.07. The summed E-state index contributed by atoms with van der Waals surface area (Å²) < 4.78 is 33.2. The molecule has 1 heterocycles. The van der Waals surface area contributed by atoms with Gasteiger partial charge in [-0.2, -0.15) is 0 Å². The van der Waals surface area contributed by atoms with Crippen molar-refractivity contribution >= 4 is 15.9 Å². The van der Waals surface area contributed by atoms with Crippen molar-refractivity contribution < 1.29 is 13.5 Å². The van der Waals surface area contributed by atoms with Crippen molar-refractivity contribution in [2.45, 2.75) is 25.8 Å². The van der Waals surface area contributed by atoms with Crippen molar-refractivity contribution in [3.8, 4) is 0 Å². The Morgan fingerprint density at radius 2 is 2.00 bits per heavy atom. The molecule has 19 heavy (non-hydrogen) atoms. The summed E-state index contributed by atoms with van der Waals surface area (Å²) in [6.07, 6.45) is 1.74. The molecule has 106 valence electrons. The molecule has 1 aliphatic heterocycles. The van der Waals surface area contributed by atoms with Crippen LogP contribution in [0.2, 0.25) is 0 Å². The van der Waals surface area contributed by atoms with E-state index in [4.69, 9.17) is 4.74 Å². The van der Waals surface area contributed by atoms with E-state index < -0.39 is 5.82 Å². The summed E-state index contributed by atoms with van der Waals surface area (Å²) in [7, 11) is 0. The molecule has 0 aromatic heterocycles. The number of benzene rings is 1. The fourth-order valence-corrected chi connectivity index (χ4v) is 2.89. The van der Waals surface area contributed by atoms with E-state index in [1.807, 2.05) is 6.92 Å². The fourth-order valence-electron chi connectivity index (χ4n) is 2.58. The normalized spacial score (nSPS) is 18.5. The van der Waals surface area contributed by atoms with Crippen molar-refractivity contribution in [2.24, 2.45) is 5.92 Å². The van der Waals surface area contributed by atoms with E-state index in [1.165, 1.54) is 12.1 Å². The molecule has 2 nitrogen and oxygen atoms in total. The van der Waals surface area contributed by atoms with Crippen molar-refractivity contribution in [3.63, 3.8) is 0 Å². The van der Waals surface area contributed by atoms with Crippen LogP contribution in [0.4, 0.5) is 8.78 Å². The lowest BCUT2D eigenvalue weighted by Crippen LogP contribution is -2.32. The van der Waals surface area contributed by atoms with Crippen molar-refractivity contribution in [1.29, 1.82) is 0 Å². The molecule has 0 radical (unpaired) electrons. The molecule has 1 unspecified atom stereocenters. The molecule has 0 saturated carbocycles. The Balaban J connectivity index is 2.29. The smallest absolute Gasteiger partial charge is 0.137 e. The molecule has 1 aliphatic rings. The van der Waals surface area contributed by atoms with Gasteiger partial charge in [-0.05, 0) is 53.4 Å². The summed E-state index contributed by atoms with van der Waals surface area (Å²) >= 11 is 3.01. The molecule has 1 N–H and O–H groups in total. The molecule has 1 saturated heterocycles. The zero-order valence-electron chi connectivity index (χ0n) is 10.9. The lowest BCUT2D eigenvalue weighted by atomic mass is 9.86. The Morgan fingerprint density at radius 3 is 2.63 bits per heavy atom. The highest BCUT2D eigenvalue weighted by atomic mass is 79.9. The van der Waals surface area contributed by atoms with E-state index >= 15 is 0 Å². The fraction of sp³-hybridized carbons (Fsp3) is 0.571. The molecule has 1 atom stereocenters. The number of hydrogen-bond acceptors (Lipinski definition) is 2. The quantitative estimate of drug-likeness (QED) is 0.846. The second kappa shape index (κ2) is 6.77. The topological polar surface area (TPSA) is 21.3 Å². The first kappa shape index (κ1) is 14.9. The van der Waals surface area contributed by atoms with E-state index in [0.29, 0.717) is 18.8 Å². The highest BCUT2D eigenvalue weighted by Gasteiger charge is 2.27. The Morgan fingerprint density at radius 1 is 1.32 bits per heavy atom. The van der Waals surface area contributed by atoms with Gasteiger partial charge in [0.1, 0.15) is 11.6 Å². The molecular formula is C14H18BrF2NO. The van der Waals surface area contributed by atoms with E-state index in [9.17, 15) is 8.78 Å². The van der Waals surface area contributed by atoms with Crippen LogP contribution in [0, 0.1) is 17.6 Å². The van der Waals surface area contributed by atoms with Gasteiger partial charge in [-0.3, -0.25) is 0 Å². The third-order valence-electron chi connectivity index (χ3n) is 3.54. The first-order chi connectivity index (χ1) is 9.13. The maximum absolute atomic E-state index is 14.1. The molecule has 1 fully saturated rings. The summed E-state index contributed by atoms with van der Waals surface area (Å²) in [6, 6.07) is 2.34. The monoisotopic (exact) mass is 333 g/mol. The van der Waals surface area contributed by atoms with Crippen LogP contribution in [-0.4, -0.2) is 19.8 Å². The van der Waals surface area contributed by atoms with E-state index in [-0.39, 0.29) is 22.2 Å².